The highest BCUT2D eigenvalue weighted by Gasteiger charge is 2.31. The van der Waals surface area contributed by atoms with E-state index in [-0.39, 0.29) is 6.04 Å². The Kier molecular flexibility index (Phi) is 5.70. The summed E-state index contributed by atoms with van der Waals surface area (Å²) < 4.78 is 27.4. The van der Waals surface area contributed by atoms with Crippen LogP contribution in [0.25, 0.3) is 0 Å². The summed E-state index contributed by atoms with van der Waals surface area (Å²) in [5, 5.41) is 10.2. The van der Waals surface area contributed by atoms with Gasteiger partial charge in [-0.05, 0) is 19.1 Å². The van der Waals surface area contributed by atoms with E-state index < -0.39 is 10.0 Å². The molecule has 2 heterocycles. The Bertz CT molecular complexity index is 561. The Morgan fingerprint density at radius 1 is 1.38 bits per heavy atom. The van der Waals surface area contributed by atoms with Crippen molar-refractivity contribution in [2.75, 3.05) is 24.6 Å². The topological polar surface area (TPSA) is 78.1 Å². The molecule has 8 heteroatoms. The predicted octanol–water partition coefficient (Wildman–Crippen LogP) is 1.34. The molecule has 1 saturated heterocycles. The van der Waals surface area contributed by atoms with Crippen LogP contribution in [0.4, 0.5) is 0 Å². The summed E-state index contributed by atoms with van der Waals surface area (Å²) in [4.78, 5) is 0.350. The lowest BCUT2D eigenvalue weighted by Crippen LogP contribution is -2.34. The second-order valence-electron chi connectivity index (χ2n) is 5.53. The number of aryl methyl sites for hydroxylation is 1. The highest BCUT2D eigenvalue weighted by atomic mass is 32.2. The zero-order valence-electron chi connectivity index (χ0n) is 12.8. The highest BCUT2D eigenvalue weighted by molar-refractivity contribution is 7.99. The Labute approximate surface area is 131 Å². The molecule has 0 spiro atoms. The minimum absolute atomic E-state index is 0.284. The lowest BCUT2D eigenvalue weighted by Gasteiger charge is -2.20. The lowest BCUT2D eigenvalue weighted by molar-refractivity contribution is 0.433. The van der Waals surface area contributed by atoms with Gasteiger partial charge in [-0.15, -0.1) is 0 Å². The first kappa shape index (κ1) is 16.8. The Morgan fingerprint density at radius 2 is 2.14 bits per heavy atom. The fourth-order valence-corrected chi connectivity index (χ4v) is 5.13. The molecule has 1 aliphatic heterocycles. The van der Waals surface area contributed by atoms with Gasteiger partial charge in [0.2, 0.25) is 10.0 Å². The first-order valence-corrected chi connectivity index (χ1v) is 9.87. The van der Waals surface area contributed by atoms with E-state index >= 15 is 0 Å². The molecular weight excluding hydrogens is 308 g/mol. The van der Waals surface area contributed by atoms with Crippen LogP contribution in [0, 0.1) is 6.92 Å². The number of sulfonamides is 1. The van der Waals surface area contributed by atoms with E-state index in [4.69, 9.17) is 0 Å². The number of nitrogens with zero attached hydrogens (tertiary/aromatic N) is 2. The van der Waals surface area contributed by atoms with Crippen LogP contribution >= 0.6 is 11.8 Å². The quantitative estimate of drug-likeness (QED) is 0.851. The van der Waals surface area contributed by atoms with Crippen LogP contribution in [-0.4, -0.2) is 53.6 Å². The van der Waals surface area contributed by atoms with Gasteiger partial charge in [0.25, 0.3) is 0 Å². The molecule has 1 aromatic rings. The summed E-state index contributed by atoms with van der Waals surface area (Å²) in [5.74, 6) is 1.88. The summed E-state index contributed by atoms with van der Waals surface area (Å²) in [6.07, 6.45) is 0.903. The second kappa shape index (κ2) is 7.13. The number of nitrogens with one attached hydrogen (secondary N) is 2. The van der Waals surface area contributed by atoms with Gasteiger partial charge in [0.05, 0.1) is 11.4 Å². The highest BCUT2D eigenvalue weighted by Crippen LogP contribution is 2.24. The predicted molar refractivity (Wildman–Crippen MR) is 86.0 cm³/mol. The summed E-state index contributed by atoms with van der Waals surface area (Å²) in [6.45, 7) is 7.45. The van der Waals surface area contributed by atoms with Gasteiger partial charge in [-0.3, -0.25) is 5.10 Å². The van der Waals surface area contributed by atoms with Crippen molar-refractivity contribution in [3.8, 4) is 0 Å². The zero-order chi connectivity index (χ0) is 15.5. The monoisotopic (exact) mass is 332 g/mol. The molecule has 1 aromatic heterocycles. The van der Waals surface area contributed by atoms with Crippen LogP contribution in [0.3, 0.4) is 0 Å². The zero-order valence-corrected chi connectivity index (χ0v) is 14.5. The number of H-pyrrole nitrogens is 1. The number of thioether (sulfide) groups is 1. The average Bonchev–Trinajstić information content (AvgIpc) is 2.65. The molecule has 0 aromatic carbocycles. The summed E-state index contributed by atoms with van der Waals surface area (Å²) in [6, 6.07) is 0.284. The SMILES string of the molecule is Cc1[nH]nc(CNC(C)C)c1S(=O)(=O)N1CCCSCC1. The van der Waals surface area contributed by atoms with Gasteiger partial charge in [-0.2, -0.15) is 21.2 Å². The Balaban J connectivity index is 2.28. The lowest BCUT2D eigenvalue weighted by atomic mass is 10.3. The third kappa shape index (κ3) is 4.00. The number of hydrogen-bond acceptors (Lipinski definition) is 5. The van der Waals surface area contributed by atoms with E-state index in [1.165, 1.54) is 0 Å². The van der Waals surface area contributed by atoms with E-state index in [1.54, 1.807) is 11.2 Å². The molecule has 0 unspecified atom stereocenters. The van der Waals surface area contributed by atoms with E-state index in [9.17, 15) is 8.42 Å². The van der Waals surface area contributed by atoms with Crippen molar-refractivity contribution >= 4 is 21.8 Å². The summed E-state index contributed by atoms with van der Waals surface area (Å²) in [7, 11) is -3.47. The van der Waals surface area contributed by atoms with Crippen LogP contribution in [0.5, 0.6) is 0 Å². The molecule has 2 rings (SSSR count). The molecule has 21 heavy (non-hydrogen) atoms. The number of aromatic nitrogens is 2. The van der Waals surface area contributed by atoms with Gasteiger partial charge < -0.3 is 5.32 Å². The molecule has 1 fully saturated rings. The van der Waals surface area contributed by atoms with Crippen LogP contribution in [0.15, 0.2) is 4.90 Å². The van der Waals surface area contributed by atoms with E-state index in [1.807, 2.05) is 25.6 Å². The smallest absolute Gasteiger partial charge is 0.246 e. The van der Waals surface area contributed by atoms with E-state index in [2.05, 4.69) is 15.5 Å². The minimum atomic E-state index is -3.47. The van der Waals surface area contributed by atoms with Gasteiger partial charge in [0, 0.05) is 31.4 Å². The summed E-state index contributed by atoms with van der Waals surface area (Å²) in [5.41, 5.74) is 1.20. The van der Waals surface area contributed by atoms with Gasteiger partial charge in [-0.1, -0.05) is 13.8 Å². The van der Waals surface area contributed by atoms with Crippen molar-refractivity contribution in [1.82, 2.24) is 19.8 Å². The minimum Gasteiger partial charge on any atom is -0.309 e. The van der Waals surface area contributed by atoms with Crippen LogP contribution in [0.1, 0.15) is 31.7 Å². The fourth-order valence-electron chi connectivity index (χ4n) is 2.32. The normalized spacial score (nSPS) is 18.1. The largest absolute Gasteiger partial charge is 0.309 e. The third-order valence-electron chi connectivity index (χ3n) is 3.42. The molecular formula is C13H24N4O2S2. The van der Waals surface area contributed by atoms with Crippen molar-refractivity contribution in [3.05, 3.63) is 11.4 Å². The van der Waals surface area contributed by atoms with Crippen molar-refractivity contribution in [2.24, 2.45) is 0 Å². The average molecular weight is 332 g/mol. The van der Waals surface area contributed by atoms with Crippen molar-refractivity contribution in [1.29, 1.82) is 0 Å². The van der Waals surface area contributed by atoms with Gasteiger partial charge in [0.1, 0.15) is 4.90 Å². The molecule has 0 aliphatic carbocycles. The van der Waals surface area contributed by atoms with Crippen molar-refractivity contribution in [3.63, 3.8) is 0 Å². The molecule has 2 N–H and O–H groups in total. The molecule has 0 saturated carbocycles. The number of aromatic amines is 1. The molecule has 0 bridgehead atoms. The number of hydrogen-bond donors (Lipinski definition) is 2. The van der Waals surface area contributed by atoms with Crippen LogP contribution in [0.2, 0.25) is 0 Å². The molecule has 0 atom stereocenters. The first-order valence-electron chi connectivity index (χ1n) is 7.28. The maximum atomic E-state index is 12.9. The molecule has 6 nitrogen and oxygen atoms in total. The van der Waals surface area contributed by atoms with E-state index in [0.717, 1.165) is 17.9 Å². The molecule has 1 aliphatic rings. The first-order chi connectivity index (χ1) is 9.93. The maximum Gasteiger partial charge on any atom is 0.246 e. The molecule has 0 radical (unpaired) electrons. The molecule has 0 amide bonds. The number of rotatable bonds is 5. The van der Waals surface area contributed by atoms with Crippen molar-refractivity contribution in [2.45, 2.75) is 44.7 Å². The summed E-state index contributed by atoms with van der Waals surface area (Å²) >= 11 is 1.81. The van der Waals surface area contributed by atoms with Gasteiger partial charge >= 0.3 is 0 Å². The van der Waals surface area contributed by atoms with Crippen molar-refractivity contribution < 1.29 is 8.42 Å². The van der Waals surface area contributed by atoms with E-state index in [0.29, 0.717) is 35.9 Å². The Hall–Kier alpha value is -0.570. The van der Waals surface area contributed by atoms with Crippen LogP contribution < -0.4 is 5.32 Å². The van der Waals surface area contributed by atoms with Gasteiger partial charge in [0.15, 0.2) is 0 Å². The van der Waals surface area contributed by atoms with Crippen LogP contribution in [-0.2, 0) is 16.6 Å². The maximum absolute atomic E-state index is 12.9. The third-order valence-corrected chi connectivity index (χ3v) is 6.57. The standard InChI is InChI=1S/C13H24N4O2S2/c1-10(2)14-9-12-13(11(3)15-16-12)21(18,19)17-5-4-7-20-8-6-17/h10,14H,4-9H2,1-3H3,(H,15,16). The second-order valence-corrected chi connectivity index (χ2v) is 8.63. The van der Waals surface area contributed by atoms with Gasteiger partial charge in [-0.25, -0.2) is 8.42 Å². The fraction of sp³-hybridized carbons (Fsp3) is 0.769. The molecule has 120 valence electrons. The Morgan fingerprint density at radius 3 is 2.86 bits per heavy atom.